The van der Waals surface area contributed by atoms with E-state index in [4.69, 9.17) is 5.73 Å². The molecule has 3 aliphatic carbocycles. The maximum absolute atomic E-state index is 10.6. The topological polar surface area (TPSA) is 67.5 Å². The van der Waals surface area contributed by atoms with E-state index in [1.165, 1.54) is 19.3 Å². The van der Waals surface area contributed by atoms with E-state index in [0.29, 0.717) is 11.3 Å². The van der Waals surface area contributed by atoms with E-state index in [1.54, 1.807) is 0 Å². The molecule has 3 fully saturated rings. The molecular formula is C11H19N3O. The molecule has 4 heteroatoms. The van der Waals surface area contributed by atoms with Gasteiger partial charge in [-0.25, -0.2) is 10.2 Å². The summed E-state index contributed by atoms with van der Waals surface area (Å²) in [5.74, 6) is 1.38. The summed E-state index contributed by atoms with van der Waals surface area (Å²) in [6.07, 6.45) is 4.71. The SMILES string of the molecule is CC1(C)C2CCC/C(=N\NC(N)=O)C1C2. The van der Waals surface area contributed by atoms with Gasteiger partial charge in [0.05, 0.1) is 0 Å². The standard InChI is InChI=1S/C11H19N3O/c1-11(2)7-4-3-5-9(8(11)6-7)13-14-10(12)15/h7-8H,3-6H2,1-2H3,(H3,12,14,15)/b13-9+. The number of carbonyl (C=O) groups excluding carboxylic acids is 1. The zero-order valence-corrected chi connectivity index (χ0v) is 9.42. The molecule has 0 aromatic rings. The second kappa shape index (κ2) is 3.51. The predicted molar refractivity (Wildman–Crippen MR) is 59.4 cm³/mol. The Kier molecular flexibility index (Phi) is 2.44. The molecule has 4 nitrogen and oxygen atoms in total. The largest absolute Gasteiger partial charge is 0.350 e. The number of nitrogens with one attached hydrogen (secondary N) is 1. The Morgan fingerprint density at radius 1 is 1.60 bits per heavy atom. The lowest BCUT2D eigenvalue weighted by atomic mass is 9.54. The van der Waals surface area contributed by atoms with Crippen LogP contribution in [0.2, 0.25) is 0 Å². The fraction of sp³-hybridized carbons (Fsp3) is 0.818. The Bertz CT molecular complexity index is 309. The third-order valence-corrected chi connectivity index (χ3v) is 4.17. The van der Waals surface area contributed by atoms with Crippen molar-refractivity contribution >= 4 is 11.7 Å². The first-order valence-corrected chi connectivity index (χ1v) is 5.63. The third-order valence-electron chi connectivity index (χ3n) is 4.17. The number of nitrogens with zero attached hydrogens (tertiary/aromatic N) is 1. The molecule has 3 aliphatic rings. The minimum atomic E-state index is -0.569. The van der Waals surface area contributed by atoms with Crippen LogP contribution < -0.4 is 11.2 Å². The predicted octanol–water partition coefficient (Wildman–Crippen LogP) is 1.86. The zero-order valence-electron chi connectivity index (χ0n) is 9.42. The van der Waals surface area contributed by atoms with E-state index < -0.39 is 6.03 Å². The number of primary amides is 1. The van der Waals surface area contributed by atoms with Gasteiger partial charge in [-0.2, -0.15) is 5.10 Å². The maximum atomic E-state index is 10.6. The molecular weight excluding hydrogens is 190 g/mol. The molecule has 3 N–H and O–H groups in total. The number of amides is 2. The van der Waals surface area contributed by atoms with Crippen molar-refractivity contribution in [3.05, 3.63) is 0 Å². The second-order valence-electron chi connectivity index (χ2n) is 5.28. The molecule has 2 amide bonds. The normalized spacial score (nSPS) is 35.5. The number of carbonyl (C=O) groups is 1. The van der Waals surface area contributed by atoms with E-state index in [2.05, 4.69) is 24.4 Å². The van der Waals surface area contributed by atoms with Crippen molar-refractivity contribution < 1.29 is 4.79 Å². The van der Waals surface area contributed by atoms with Gasteiger partial charge < -0.3 is 5.73 Å². The fourth-order valence-electron chi connectivity index (χ4n) is 3.04. The monoisotopic (exact) mass is 209 g/mol. The van der Waals surface area contributed by atoms with Crippen molar-refractivity contribution in [1.29, 1.82) is 0 Å². The molecule has 0 aromatic carbocycles. The average molecular weight is 209 g/mol. The minimum Gasteiger partial charge on any atom is -0.350 e. The highest BCUT2D eigenvalue weighted by Crippen LogP contribution is 2.56. The lowest BCUT2D eigenvalue weighted by molar-refractivity contribution is 0.0248. The van der Waals surface area contributed by atoms with E-state index >= 15 is 0 Å². The number of urea groups is 1. The Balaban J connectivity index is 2.12. The summed E-state index contributed by atoms with van der Waals surface area (Å²) >= 11 is 0. The summed E-state index contributed by atoms with van der Waals surface area (Å²) in [7, 11) is 0. The van der Waals surface area contributed by atoms with Gasteiger partial charge in [-0.3, -0.25) is 0 Å². The summed E-state index contributed by atoms with van der Waals surface area (Å²) in [6.45, 7) is 4.61. The number of hydrazone groups is 1. The third kappa shape index (κ3) is 1.73. The molecule has 0 saturated heterocycles. The van der Waals surface area contributed by atoms with E-state index in [0.717, 1.165) is 18.1 Å². The molecule has 15 heavy (non-hydrogen) atoms. The fourth-order valence-corrected chi connectivity index (χ4v) is 3.04. The molecule has 3 saturated carbocycles. The molecule has 0 spiro atoms. The number of hydrogen-bond acceptors (Lipinski definition) is 2. The van der Waals surface area contributed by atoms with Crippen molar-refractivity contribution in [2.45, 2.75) is 39.5 Å². The number of rotatable bonds is 1. The number of hydrogen-bond donors (Lipinski definition) is 2. The van der Waals surface area contributed by atoms with Gasteiger partial charge in [-0.15, -0.1) is 0 Å². The average Bonchev–Trinajstić information content (AvgIpc) is 2.43. The van der Waals surface area contributed by atoms with Crippen LogP contribution in [0.3, 0.4) is 0 Å². The van der Waals surface area contributed by atoms with Gasteiger partial charge in [0.2, 0.25) is 0 Å². The molecule has 2 bridgehead atoms. The van der Waals surface area contributed by atoms with Crippen molar-refractivity contribution in [3.8, 4) is 0 Å². The van der Waals surface area contributed by atoms with Crippen LogP contribution >= 0.6 is 0 Å². The van der Waals surface area contributed by atoms with Gasteiger partial charge in [-0.1, -0.05) is 13.8 Å². The number of fused-ring (bicyclic) bond motifs is 3. The van der Waals surface area contributed by atoms with Crippen LogP contribution in [0.1, 0.15) is 39.5 Å². The first-order valence-electron chi connectivity index (χ1n) is 5.63. The van der Waals surface area contributed by atoms with Crippen LogP contribution in [-0.2, 0) is 0 Å². The Hall–Kier alpha value is -1.06. The van der Waals surface area contributed by atoms with Crippen LogP contribution in [0.15, 0.2) is 5.10 Å². The molecule has 0 heterocycles. The molecule has 2 atom stereocenters. The minimum absolute atomic E-state index is 0.356. The van der Waals surface area contributed by atoms with Crippen LogP contribution in [0, 0.1) is 17.3 Å². The van der Waals surface area contributed by atoms with E-state index in [-0.39, 0.29) is 0 Å². The molecule has 2 unspecified atom stereocenters. The van der Waals surface area contributed by atoms with Gasteiger partial charge in [-0.05, 0) is 37.0 Å². The van der Waals surface area contributed by atoms with Gasteiger partial charge in [0.15, 0.2) is 0 Å². The second-order valence-corrected chi connectivity index (χ2v) is 5.28. The van der Waals surface area contributed by atoms with Gasteiger partial charge >= 0.3 is 6.03 Å². The quantitative estimate of drug-likeness (QED) is 0.636. The van der Waals surface area contributed by atoms with Gasteiger partial charge in [0, 0.05) is 11.6 Å². The van der Waals surface area contributed by atoms with Crippen LogP contribution in [0.25, 0.3) is 0 Å². The summed E-state index contributed by atoms with van der Waals surface area (Å²) < 4.78 is 0. The van der Waals surface area contributed by atoms with Gasteiger partial charge in [0.25, 0.3) is 0 Å². The maximum Gasteiger partial charge on any atom is 0.332 e. The summed E-state index contributed by atoms with van der Waals surface area (Å²) in [4.78, 5) is 10.6. The smallest absolute Gasteiger partial charge is 0.332 e. The molecule has 0 radical (unpaired) electrons. The highest BCUT2D eigenvalue weighted by atomic mass is 16.2. The number of nitrogens with two attached hydrogens (primary N) is 1. The van der Waals surface area contributed by atoms with Gasteiger partial charge in [0.1, 0.15) is 0 Å². The molecule has 3 rings (SSSR count). The lowest BCUT2D eigenvalue weighted by Crippen LogP contribution is -2.47. The van der Waals surface area contributed by atoms with Crippen molar-refractivity contribution in [1.82, 2.24) is 5.43 Å². The van der Waals surface area contributed by atoms with Crippen molar-refractivity contribution in [3.63, 3.8) is 0 Å². The van der Waals surface area contributed by atoms with E-state index in [1.807, 2.05) is 0 Å². The Morgan fingerprint density at radius 2 is 2.33 bits per heavy atom. The van der Waals surface area contributed by atoms with Crippen LogP contribution in [0.4, 0.5) is 4.79 Å². The highest BCUT2D eigenvalue weighted by molar-refractivity contribution is 5.89. The van der Waals surface area contributed by atoms with Crippen molar-refractivity contribution in [2.24, 2.45) is 28.1 Å². The van der Waals surface area contributed by atoms with E-state index in [9.17, 15) is 4.79 Å². The molecule has 0 aliphatic heterocycles. The summed E-state index contributed by atoms with van der Waals surface area (Å²) in [5, 5.41) is 4.15. The Labute approximate surface area is 90.3 Å². The first kappa shape index (κ1) is 10.5. The van der Waals surface area contributed by atoms with Crippen molar-refractivity contribution in [2.75, 3.05) is 0 Å². The summed E-state index contributed by atoms with van der Waals surface area (Å²) in [6, 6.07) is -0.569. The Morgan fingerprint density at radius 3 is 2.93 bits per heavy atom. The highest BCUT2D eigenvalue weighted by Gasteiger charge is 2.51. The van der Waals surface area contributed by atoms with Crippen LogP contribution in [-0.4, -0.2) is 11.7 Å². The first-order chi connectivity index (χ1) is 7.01. The zero-order chi connectivity index (χ0) is 11.1. The van der Waals surface area contributed by atoms with Crippen LogP contribution in [0.5, 0.6) is 0 Å². The molecule has 0 aromatic heterocycles. The molecule has 84 valence electrons. The lowest BCUT2D eigenvalue weighted by Gasteiger charge is -2.51. The summed E-state index contributed by atoms with van der Waals surface area (Å²) in [5.41, 5.74) is 8.87.